The highest BCUT2D eigenvalue weighted by Gasteiger charge is 2.52. The fourth-order valence-corrected chi connectivity index (χ4v) is 6.49. The van der Waals surface area contributed by atoms with Gasteiger partial charge < -0.3 is 8.85 Å². The van der Waals surface area contributed by atoms with E-state index >= 15 is 0 Å². The highest BCUT2D eigenvalue weighted by atomic mass is 28.4. The molecular formula is C30H40N2O2Si2. The van der Waals surface area contributed by atoms with Gasteiger partial charge in [0, 0.05) is 12.4 Å². The van der Waals surface area contributed by atoms with Crippen molar-refractivity contribution in [3.8, 4) is 6.07 Å². The first-order valence-electron chi connectivity index (χ1n) is 12.6. The Morgan fingerprint density at radius 2 is 1.33 bits per heavy atom. The molecule has 0 aliphatic carbocycles. The molecule has 0 radical (unpaired) electrons. The van der Waals surface area contributed by atoms with E-state index in [1.165, 1.54) is 0 Å². The number of pyridine rings is 1. The van der Waals surface area contributed by atoms with Crippen LogP contribution in [0, 0.1) is 11.3 Å². The topological polar surface area (TPSA) is 55.1 Å². The average Bonchev–Trinajstić information content (AvgIpc) is 2.83. The van der Waals surface area contributed by atoms with E-state index in [1.54, 1.807) is 12.4 Å². The number of rotatable bonds is 9. The van der Waals surface area contributed by atoms with Crippen LogP contribution < -0.4 is 0 Å². The monoisotopic (exact) mass is 516 g/mol. The highest BCUT2D eigenvalue weighted by Crippen LogP contribution is 2.48. The lowest BCUT2D eigenvalue weighted by Gasteiger charge is -2.47. The third kappa shape index (κ3) is 6.04. The molecule has 0 unspecified atom stereocenters. The first-order chi connectivity index (χ1) is 16.8. The van der Waals surface area contributed by atoms with Crippen molar-refractivity contribution in [3.05, 3.63) is 102 Å². The number of aromatic nitrogens is 1. The van der Waals surface area contributed by atoms with E-state index in [0.717, 1.165) is 16.7 Å². The number of nitrogens with zero attached hydrogens (tertiary/aromatic N) is 2. The van der Waals surface area contributed by atoms with Crippen molar-refractivity contribution in [2.45, 2.75) is 76.2 Å². The van der Waals surface area contributed by atoms with Gasteiger partial charge in [-0.1, -0.05) is 87.5 Å². The number of hydrogen-bond acceptors (Lipinski definition) is 4. The van der Waals surface area contributed by atoms with Gasteiger partial charge in [0.15, 0.2) is 16.6 Å². The minimum absolute atomic E-state index is 0.0138. The molecule has 0 aliphatic rings. The van der Waals surface area contributed by atoms with E-state index in [0.29, 0.717) is 0 Å². The largest absolute Gasteiger partial charge is 0.409 e. The van der Waals surface area contributed by atoms with Gasteiger partial charge >= 0.3 is 0 Å². The van der Waals surface area contributed by atoms with Crippen LogP contribution in [0.3, 0.4) is 0 Å². The van der Waals surface area contributed by atoms with E-state index in [-0.39, 0.29) is 5.04 Å². The molecule has 3 rings (SSSR count). The maximum absolute atomic E-state index is 11.1. The molecular weight excluding hydrogens is 477 g/mol. The summed E-state index contributed by atoms with van der Waals surface area (Å²) in [6.45, 7) is 17.8. The van der Waals surface area contributed by atoms with E-state index < -0.39 is 34.3 Å². The SMILES string of the molecule is CC(C)(C)[Si](C)(C)O[C@@H](c1ccccc1)[C@@H](O[Si](C)(C)C)[C@](C#N)(c1ccccc1)c1cccnc1. The smallest absolute Gasteiger partial charge is 0.193 e. The molecule has 1 heterocycles. The number of nitriles is 1. The molecule has 36 heavy (non-hydrogen) atoms. The third-order valence-corrected chi connectivity index (χ3v) is 12.5. The zero-order chi connectivity index (χ0) is 26.6. The zero-order valence-corrected chi connectivity index (χ0v) is 24.9. The summed E-state index contributed by atoms with van der Waals surface area (Å²) < 4.78 is 14.3. The molecule has 0 saturated carbocycles. The second kappa shape index (κ2) is 10.8. The molecule has 6 heteroatoms. The summed E-state index contributed by atoms with van der Waals surface area (Å²) in [5.74, 6) is 0. The summed E-state index contributed by atoms with van der Waals surface area (Å²) >= 11 is 0. The van der Waals surface area contributed by atoms with E-state index in [1.807, 2.05) is 60.7 Å². The van der Waals surface area contributed by atoms with Gasteiger partial charge in [0.25, 0.3) is 0 Å². The standard InChI is InChI=1S/C30H40N2O2Si2/c1-29(2,3)36(7,8)33-27(24-16-11-9-12-17-24)28(34-35(4,5)6)30(23-31,25-18-13-10-14-19-25)26-20-15-21-32-22-26/h9-22,27-28H,1-8H3/t27-,28+,30+/m0/s1. The molecule has 0 bridgehead atoms. The highest BCUT2D eigenvalue weighted by molar-refractivity contribution is 6.74. The van der Waals surface area contributed by atoms with Gasteiger partial charge in [0.2, 0.25) is 0 Å². The Labute approximate surface area is 219 Å². The fraction of sp³-hybridized carbons (Fsp3) is 0.400. The lowest BCUT2D eigenvalue weighted by atomic mass is 9.69. The van der Waals surface area contributed by atoms with Crippen LogP contribution in [0.4, 0.5) is 0 Å². The van der Waals surface area contributed by atoms with Crippen molar-refractivity contribution >= 4 is 16.6 Å². The maximum atomic E-state index is 11.1. The predicted octanol–water partition coefficient (Wildman–Crippen LogP) is 7.87. The molecule has 3 aromatic rings. The summed E-state index contributed by atoms with van der Waals surface area (Å²) in [7, 11) is -4.44. The van der Waals surface area contributed by atoms with Crippen LogP contribution in [0.1, 0.15) is 43.6 Å². The van der Waals surface area contributed by atoms with Gasteiger partial charge in [0.1, 0.15) is 11.5 Å². The lowest BCUT2D eigenvalue weighted by molar-refractivity contribution is 0.0120. The third-order valence-electron chi connectivity index (χ3n) is 7.06. The maximum Gasteiger partial charge on any atom is 0.193 e. The zero-order valence-electron chi connectivity index (χ0n) is 22.9. The van der Waals surface area contributed by atoms with Crippen molar-refractivity contribution in [3.63, 3.8) is 0 Å². The second-order valence-electron chi connectivity index (χ2n) is 11.9. The second-order valence-corrected chi connectivity index (χ2v) is 21.1. The Bertz CT molecular complexity index is 1110. The summed E-state index contributed by atoms with van der Waals surface area (Å²) in [5, 5.41) is 11.1. The fourth-order valence-electron chi connectivity index (χ4n) is 4.18. The van der Waals surface area contributed by atoms with Crippen molar-refractivity contribution in [1.82, 2.24) is 4.98 Å². The summed E-state index contributed by atoms with van der Waals surface area (Å²) in [6.07, 6.45) is 2.51. The molecule has 190 valence electrons. The van der Waals surface area contributed by atoms with Crippen LogP contribution in [0.15, 0.2) is 85.2 Å². The molecule has 0 fully saturated rings. The quantitative estimate of drug-likeness (QED) is 0.271. The van der Waals surface area contributed by atoms with Crippen molar-refractivity contribution < 1.29 is 8.85 Å². The van der Waals surface area contributed by atoms with Gasteiger partial charge in [-0.25, -0.2) is 0 Å². The molecule has 2 aromatic carbocycles. The number of benzene rings is 2. The van der Waals surface area contributed by atoms with Crippen LogP contribution in [-0.4, -0.2) is 27.7 Å². The minimum atomic E-state index is -2.27. The van der Waals surface area contributed by atoms with Crippen molar-refractivity contribution in [2.24, 2.45) is 0 Å². The lowest BCUT2D eigenvalue weighted by Crippen LogP contribution is -2.53. The molecule has 3 atom stereocenters. The predicted molar refractivity (Wildman–Crippen MR) is 153 cm³/mol. The van der Waals surface area contributed by atoms with Crippen LogP contribution in [-0.2, 0) is 14.3 Å². The molecule has 0 saturated heterocycles. The van der Waals surface area contributed by atoms with Gasteiger partial charge in [-0.15, -0.1) is 0 Å². The van der Waals surface area contributed by atoms with Crippen LogP contribution in [0.25, 0.3) is 0 Å². The molecule has 0 amide bonds. The van der Waals surface area contributed by atoms with Crippen LogP contribution >= 0.6 is 0 Å². The molecule has 0 N–H and O–H groups in total. The molecule has 0 spiro atoms. The Hall–Kier alpha value is -2.57. The summed E-state index contributed by atoms with van der Waals surface area (Å²) in [5.41, 5.74) is 1.58. The molecule has 1 aromatic heterocycles. The van der Waals surface area contributed by atoms with Crippen molar-refractivity contribution in [1.29, 1.82) is 5.26 Å². The van der Waals surface area contributed by atoms with Gasteiger partial charge in [-0.05, 0) is 60.5 Å². The normalized spacial score (nSPS) is 16.0. The van der Waals surface area contributed by atoms with Crippen LogP contribution in [0.2, 0.25) is 37.8 Å². The Kier molecular flexibility index (Phi) is 8.42. The van der Waals surface area contributed by atoms with E-state index in [9.17, 15) is 5.26 Å². The first kappa shape index (κ1) is 28.0. The van der Waals surface area contributed by atoms with Crippen molar-refractivity contribution in [2.75, 3.05) is 0 Å². The summed E-state index contributed by atoms with van der Waals surface area (Å²) in [6, 6.07) is 26.8. The Balaban J connectivity index is 2.38. The van der Waals surface area contributed by atoms with Gasteiger partial charge in [-0.3, -0.25) is 4.98 Å². The Morgan fingerprint density at radius 1 is 0.778 bits per heavy atom. The average molecular weight is 517 g/mol. The van der Waals surface area contributed by atoms with Gasteiger partial charge in [-0.2, -0.15) is 5.26 Å². The minimum Gasteiger partial charge on any atom is -0.409 e. The first-order valence-corrected chi connectivity index (χ1v) is 18.9. The molecule has 4 nitrogen and oxygen atoms in total. The van der Waals surface area contributed by atoms with Crippen LogP contribution in [0.5, 0.6) is 0 Å². The van der Waals surface area contributed by atoms with E-state index in [4.69, 9.17) is 8.85 Å². The van der Waals surface area contributed by atoms with Gasteiger partial charge in [0.05, 0.1) is 12.2 Å². The molecule has 0 aliphatic heterocycles. The Morgan fingerprint density at radius 3 is 1.81 bits per heavy atom. The number of hydrogen-bond donors (Lipinski definition) is 0. The summed E-state index contributed by atoms with van der Waals surface area (Å²) in [4.78, 5) is 4.42. The van der Waals surface area contributed by atoms with E-state index in [2.05, 4.69) is 76.7 Å².